The van der Waals surface area contributed by atoms with Gasteiger partial charge in [-0.15, -0.1) is 0 Å². The maximum atomic E-state index is 13.1. The molecule has 0 unspecified atom stereocenters. The van der Waals surface area contributed by atoms with Gasteiger partial charge in [-0.1, -0.05) is 59.3 Å². The van der Waals surface area contributed by atoms with Gasteiger partial charge in [0.15, 0.2) is 0 Å². The van der Waals surface area contributed by atoms with Crippen LogP contribution in [-0.2, 0) is 24.3 Å². The summed E-state index contributed by atoms with van der Waals surface area (Å²) in [6, 6.07) is 16.6. The van der Waals surface area contributed by atoms with Gasteiger partial charge in [0, 0.05) is 24.6 Å². The number of nitrogens with zero attached hydrogens (tertiary/aromatic N) is 4. The van der Waals surface area contributed by atoms with Crippen molar-refractivity contribution < 1.29 is 9.32 Å². The highest BCUT2D eigenvalue weighted by Crippen LogP contribution is 2.25. The molecule has 0 N–H and O–H groups in total. The number of carbonyl (C=O) groups is 1. The molecule has 3 aromatic rings. The van der Waals surface area contributed by atoms with Crippen LogP contribution >= 0.6 is 0 Å². The third-order valence-corrected chi connectivity index (χ3v) is 6.52. The first-order valence-electron chi connectivity index (χ1n) is 11.1. The Kier molecular flexibility index (Phi) is 5.55. The Morgan fingerprint density at radius 1 is 1.03 bits per heavy atom. The fourth-order valence-electron chi connectivity index (χ4n) is 4.61. The lowest BCUT2D eigenvalue weighted by Gasteiger charge is -2.35. The zero-order chi connectivity index (χ0) is 21.2. The van der Waals surface area contributed by atoms with Crippen molar-refractivity contribution in [3.8, 4) is 11.4 Å². The number of benzene rings is 2. The summed E-state index contributed by atoms with van der Waals surface area (Å²) in [6.07, 6.45) is 2.73. The monoisotopic (exact) mass is 416 g/mol. The van der Waals surface area contributed by atoms with Crippen molar-refractivity contribution in [2.24, 2.45) is 5.92 Å². The van der Waals surface area contributed by atoms with E-state index >= 15 is 0 Å². The van der Waals surface area contributed by atoms with Crippen LogP contribution in [0.5, 0.6) is 0 Å². The van der Waals surface area contributed by atoms with Gasteiger partial charge in [-0.3, -0.25) is 9.69 Å². The summed E-state index contributed by atoms with van der Waals surface area (Å²) in [4.78, 5) is 22.0. The number of amides is 1. The van der Waals surface area contributed by atoms with Crippen molar-refractivity contribution in [1.82, 2.24) is 19.9 Å². The molecule has 0 saturated carbocycles. The minimum Gasteiger partial charge on any atom is -0.338 e. The summed E-state index contributed by atoms with van der Waals surface area (Å²) in [5.41, 5.74) is 4.85. The lowest BCUT2D eigenvalue weighted by molar-refractivity contribution is -0.138. The highest BCUT2D eigenvalue weighted by molar-refractivity contribution is 5.79. The molecule has 0 spiro atoms. The highest BCUT2D eigenvalue weighted by Gasteiger charge is 2.30. The van der Waals surface area contributed by atoms with Crippen LogP contribution in [0, 0.1) is 12.8 Å². The Bertz CT molecular complexity index is 1050. The SMILES string of the molecule is Cc1ccc(-c2noc(CN3CCC(C(=O)N4CCc5ccccc5C4)CC3)n2)cc1. The summed E-state index contributed by atoms with van der Waals surface area (Å²) in [5, 5.41) is 4.13. The van der Waals surface area contributed by atoms with Crippen molar-refractivity contribution in [3.63, 3.8) is 0 Å². The van der Waals surface area contributed by atoms with E-state index in [0.717, 1.165) is 51.0 Å². The molecule has 5 rings (SSSR count). The Morgan fingerprint density at radius 3 is 2.55 bits per heavy atom. The number of piperidine rings is 1. The van der Waals surface area contributed by atoms with E-state index in [0.29, 0.717) is 24.2 Å². The van der Waals surface area contributed by atoms with Gasteiger partial charge in [0.05, 0.1) is 6.54 Å². The van der Waals surface area contributed by atoms with E-state index in [9.17, 15) is 4.79 Å². The molecule has 1 amide bonds. The lowest BCUT2D eigenvalue weighted by atomic mass is 9.93. The lowest BCUT2D eigenvalue weighted by Crippen LogP contribution is -2.44. The second-order valence-electron chi connectivity index (χ2n) is 8.71. The number of carbonyl (C=O) groups excluding carboxylic acids is 1. The van der Waals surface area contributed by atoms with Gasteiger partial charge in [-0.05, 0) is 50.4 Å². The molecule has 1 fully saturated rings. The third-order valence-electron chi connectivity index (χ3n) is 6.52. The number of aryl methyl sites for hydroxylation is 1. The molecule has 0 atom stereocenters. The standard InChI is InChI=1S/C25H28N4O2/c1-18-6-8-20(9-7-18)24-26-23(31-27-24)17-28-13-10-21(11-14-28)25(30)29-15-12-19-4-2-3-5-22(19)16-29/h2-9,21H,10-17H2,1H3. The third kappa shape index (κ3) is 4.39. The van der Waals surface area contributed by atoms with Gasteiger partial charge in [-0.25, -0.2) is 0 Å². The smallest absolute Gasteiger partial charge is 0.241 e. The number of fused-ring (bicyclic) bond motifs is 1. The van der Waals surface area contributed by atoms with Crippen LogP contribution in [0.4, 0.5) is 0 Å². The summed E-state index contributed by atoms with van der Waals surface area (Å²) in [6.45, 7) is 6.03. The molecular formula is C25H28N4O2. The van der Waals surface area contributed by atoms with Crippen LogP contribution in [0.15, 0.2) is 53.1 Å². The quantitative estimate of drug-likeness (QED) is 0.647. The zero-order valence-corrected chi connectivity index (χ0v) is 18.0. The normalized spacial score (nSPS) is 17.5. The van der Waals surface area contributed by atoms with E-state index in [4.69, 9.17) is 4.52 Å². The molecule has 2 aliphatic heterocycles. The molecular weight excluding hydrogens is 388 g/mol. The van der Waals surface area contributed by atoms with Crippen LogP contribution < -0.4 is 0 Å². The first-order valence-corrected chi connectivity index (χ1v) is 11.1. The van der Waals surface area contributed by atoms with Crippen LogP contribution in [0.3, 0.4) is 0 Å². The first kappa shape index (κ1) is 19.9. The molecule has 3 heterocycles. The fourth-order valence-corrected chi connectivity index (χ4v) is 4.61. The van der Waals surface area contributed by atoms with Crippen LogP contribution in [-0.4, -0.2) is 45.5 Å². The Labute approximate surface area is 182 Å². The second kappa shape index (κ2) is 8.63. The van der Waals surface area contributed by atoms with E-state index in [2.05, 4.69) is 51.1 Å². The minimum absolute atomic E-state index is 0.118. The highest BCUT2D eigenvalue weighted by atomic mass is 16.5. The maximum Gasteiger partial charge on any atom is 0.241 e. The van der Waals surface area contributed by atoms with Gasteiger partial charge in [-0.2, -0.15) is 4.98 Å². The predicted octanol–water partition coefficient (Wildman–Crippen LogP) is 3.84. The molecule has 2 aromatic carbocycles. The van der Waals surface area contributed by atoms with Crippen molar-refractivity contribution in [2.75, 3.05) is 19.6 Å². The largest absolute Gasteiger partial charge is 0.338 e. The topological polar surface area (TPSA) is 62.5 Å². The van der Waals surface area contributed by atoms with Crippen LogP contribution in [0.1, 0.15) is 35.4 Å². The minimum atomic E-state index is 0.118. The second-order valence-corrected chi connectivity index (χ2v) is 8.71. The molecule has 160 valence electrons. The van der Waals surface area contributed by atoms with E-state index in [-0.39, 0.29) is 5.92 Å². The van der Waals surface area contributed by atoms with Crippen LogP contribution in [0.25, 0.3) is 11.4 Å². The molecule has 1 aromatic heterocycles. The molecule has 0 radical (unpaired) electrons. The van der Waals surface area contributed by atoms with Crippen molar-refractivity contribution in [3.05, 3.63) is 71.1 Å². The Hall–Kier alpha value is -2.99. The molecule has 31 heavy (non-hydrogen) atoms. The van der Waals surface area contributed by atoms with Gasteiger partial charge < -0.3 is 9.42 Å². The number of likely N-dealkylation sites (tertiary alicyclic amines) is 1. The maximum absolute atomic E-state index is 13.1. The number of hydrogen-bond donors (Lipinski definition) is 0. The summed E-state index contributed by atoms with van der Waals surface area (Å²) in [7, 11) is 0. The molecule has 2 aliphatic rings. The Balaban J connectivity index is 1.14. The summed E-state index contributed by atoms with van der Waals surface area (Å²) >= 11 is 0. The van der Waals surface area contributed by atoms with E-state index in [1.54, 1.807) is 0 Å². The molecule has 6 heteroatoms. The van der Waals surface area contributed by atoms with Crippen molar-refractivity contribution >= 4 is 5.91 Å². The van der Waals surface area contributed by atoms with E-state index < -0.39 is 0 Å². The van der Waals surface area contributed by atoms with Gasteiger partial charge in [0.25, 0.3) is 0 Å². The zero-order valence-electron chi connectivity index (χ0n) is 18.0. The van der Waals surface area contributed by atoms with Gasteiger partial charge >= 0.3 is 0 Å². The number of aromatic nitrogens is 2. The van der Waals surface area contributed by atoms with E-state index in [1.165, 1.54) is 16.7 Å². The van der Waals surface area contributed by atoms with Crippen molar-refractivity contribution in [2.45, 2.75) is 39.3 Å². The molecule has 0 bridgehead atoms. The molecule has 1 saturated heterocycles. The number of hydrogen-bond acceptors (Lipinski definition) is 5. The van der Waals surface area contributed by atoms with E-state index in [1.807, 2.05) is 24.3 Å². The van der Waals surface area contributed by atoms with Crippen LogP contribution in [0.2, 0.25) is 0 Å². The predicted molar refractivity (Wildman–Crippen MR) is 118 cm³/mol. The summed E-state index contributed by atoms with van der Waals surface area (Å²) in [5.74, 6) is 1.69. The fraction of sp³-hybridized carbons (Fsp3) is 0.400. The van der Waals surface area contributed by atoms with Gasteiger partial charge in [0.2, 0.25) is 17.6 Å². The Morgan fingerprint density at radius 2 is 1.77 bits per heavy atom. The molecule has 6 nitrogen and oxygen atoms in total. The molecule has 0 aliphatic carbocycles. The number of rotatable bonds is 4. The first-order chi connectivity index (χ1) is 15.2. The van der Waals surface area contributed by atoms with Gasteiger partial charge in [0.1, 0.15) is 0 Å². The van der Waals surface area contributed by atoms with Crippen molar-refractivity contribution in [1.29, 1.82) is 0 Å². The summed E-state index contributed by atoms with van der Waals surface area (Å²) < 4.78 is 5.48. The average Bonchev–Trinajstić information content (AvgIpc) is 3.27. The average molecular weight is 417 g/mol.